The van der Waals surface area contributed by atoms with Crippen LogP contribution < -0.4 is 0 Å². The van der Waals surface area contributed by atoms with E-state index < -0.39 is 38.4 Å². The van der Waals surface area contributed by atoms with Crippen molar-refractivity contribution < 1.29 is 28.4 Å². The number of benzene rings is 2. The van der Waals surface area contributed by atoms with Gasteiger partial charge in [0, 0.05) is 0 Å². The van der Waals surface area contributed by atoms with Gasteiger partial charge in [0.1, 0.15) is 0 Å². The van der Waals surface area contributed by atoms with Crippen LogP contribution in [0.4, 0.5) is 13.0 Å². The standard InChI is InChI=1S/C12H9F3IO4P/c13-9-1-5-11(6-2-9)16(17,20-21(15,18)19)12-7-3-10(14)4-8-12/h1-8H,(H,18,19). The summed E-state index contributed by atoms with van der Waals surface area (Å²) in [5.74, 6) is -1.26. The first kappa shape index (κ1) is 16.3. The van der Waals surface area contributed by atoms with Crippen molar-refractivity contribution in [3.63, 3.8) is 0 Å². The first-order valence-electron chi connectivity index (χ1n) is 5.44. The molecule has 0 aromatic heterocycles. The summed E-state index contributed by atoms with van der Waals surface area (Å²) in [7, 11) is -5.56. The Bertz CT molecular complexity index is 678. The Morgan fingerprint density at radius 1 is 0.905 bits per heavy atom. The van der Waals surface area contributed by atoms with Crippen molar-refractivity contribution in [2.75, 3.05) is 0 Å². The zero-order valence-electron chi connectivity index (χ0n) is 10.2. The average Bonchev–Trinajstić information content (AvgIpc) is 2.38. The quantitative estimate of drug-likeness (QED) is 0.575. The molecule has 0 spiro atoms. The molecule has 1 atom stereocenters. The van der Waals surface area contributed by atoms with Crippen molar-refractivity contribution >= 4 is 26.7 Å². The second-order valence-corrected chi connectivity index (χ2v) is 11.2. The van der Waals surface area contributed by atoms with E-state index in [2.05, 4.69) is 2.85 Å². The third kappa shape index (κ3) is 3.97. The van der Waals surface area contributed by atoms with Crippen LogP contribution in [0.2, 0.25) is 0 Å². The number of hydrogen-bond donors (Lipinski definition) is 1. The zero-order valence-corrected chi connectivity index (χ0v) is 13.3. The molecule has 0 saturated carbocycles. The summed E-state index contributed by atoms with van der Waals surface area (Å²) in [6.07, 6.45) is 0. The molecular weight excluding hydrogens is 423 g/mol. The van der Waals surface area contributed by atoms with Gasteiger partial charge >= 0.3 is 122 Å². The fraction of sp³-hybridized carbons (Fsp3) is 0. The molecule has 114 valence electrons. The van der Waals surface area contributed by atoms with E-state index in [0.29, 0.717) is 0 Å². The molecule has 9 heteroatoms. The fourth-order valence-corrected chi connectivity index (χ4v) is 8.66. The van der Waals surface area contributed by atoms with E-state index in [-0.39, 0.29) is 7.14 Å². The van der Waals surface area contributed by atoms with E-state index in [1.54, 1.807) is 0 Å². The molecule has 0 aliphatic rings. The van der Waals surface area contributed by atoms with Gasteiger partial charge in [-0.1, -0.05) is 0 Å². The maximum atomic E-state index is 13.0. The Kier molecular flexibility index (Phi) is 4.62. The molecule has 2 rings (SSSR count). The number of hydrogen-bond acceptors (Lipinski definition) is 3. The van der Waals surface area contributed by atoms with Crippen molar-refractivity contribution in [3.05, 3.63) is 67.3 Å². The van der Waals surface area contributed by atoms with E-state index in [1.807, 2.05) is 0 Å². The molecule has 1 unspecified atom stereocenters. The van der Waals surface area contributed by atoms with Crippen LogP contribution in [0.3, 0.4) is 0 Å². The number of rotatable bonds is 4. The van der Waals surface area contributed by atoms with Crippen LogP contribution in [-0.2, 0) is 10.5 Å². The molecule has 0 aliphatic carbocycles. The van der Waals surface area contributed by atoms with Gasteiger partial charge in [-0.05, 0) is 0 Å². The van der Waals surface area contributed by atoms with Crippen LogP contribution in [0.1, 0.15) is 0 Å². The van der Waals surface area contributed by atoms with Crippen LogP contribution in [0, 0.1) is 18.8 Å². The zero-order chi connectivity index (χ0) is 15.7. The number of halogens is 4. The topological polar surface area (TPSA) is 63.6 Å². The minimum atomic E-state index is -5.56. The minimum absolute atomic E-state index is 0.123. The fourth-order valence-electron chi connectivity index (χ4n) is 1.52. The molecule has 1 N–H and O–H groups in total. The Hall–Kier alpha value is -1.09. The summed E-state index contributed by atoms with van der Waals surface area (Å²) >= 11 is -5.17. The van der Waals surface area contributed by atoms with E-state index in [1.165, 1.54) is 0 Å². The van der Waals surface area contributed by atoms with Crippen LogP contribution in [0.15, 0.2) is 48.5 Å². The van der Waals surface area contributed by atoms with Crippen molar-refractivity contribution in [2.24, 2.45) is 0 Å². The van der Waals surface area contributed by atoms with Gasteiger partial charge in [0.05, 0.1) is 0 Å². The molecule has 21 heavy (non-hydrogen) atoms. The Balaban J connectivity index is 2.59. The molecule has 0 bridgehead atoms. The molecule has 2 aromatic carbocycles. The summed E-state index contributed by atoms with van der Waals surface area (Å²) in [5, 5.41) is 0. The molecule has 2 aromatic rings. The summed E-state index contributed by atoms with van der Waals surface area (Å²) in [4.78, 5) is 8.75. The third-order valence-corrected chi connectivity index (χ3v) is 10.6. The molecule has 0 fully saturated rings. The summed E-state index contributed by atoms with van der Waals surface area (Å²) in [5.41, 5.74) is 0. The van der Waals surface area contributed by atoms with Crippen LogP contribution >= 0.6 is 26.7 Å². The van der Waals surface area contributed by atoms with Gasteiger partial charge in [0.15, 0.2) is 0 Å². The molecule has 0 radical (unpaired) electrons. The van der Waals surface area contributed by atoms with Crippen molar-refractivity contribution in [1.82, 2.24) is 0 Å². The van der Waals surface area contributed by atoms with Crippen LogP contribution in [-0.4, -0.2) is 4.89 Å². The van der Waals surface area contributed by atoms with Gasteiger partial charge < -0.3 is 0 Å². The Morgan fingerprint density at radius 2 is 1.24 bits per heavy atom. The van der Waals surface area contributed by atoms with Crippen molar-refractivity contribution in [2.45, 2.75) is 0 Å². The third-order valence-electron chi connectivity index (χ3n) is 2.36. The second-order valence-electron chi connectivity index (χ2n) is 3.86. The molecular formula is C12H9F3IO4P. The van der Waals surface area contributed by atoms with Gasteiger partial charge in [0.25, 0.3) is 0 Å². The Labute approximate surface area is 122 Å². The average molecular weight is 432 g/mol. The first-order valence-corrected chi connectivity index (χ1v) is 10.8. The predicted molar refractivity (Wildman–Crippen MR) is 76.9 cm³/mol. The van der Waals surface area contributed by atoms with E-state index >= 15 is 0 Å². The van der Waals surface area contributed by atoms with E-state index in [4.69, 9.17) is 4.89 Å². The molecule has 4 nitrogen and oxygen atoms in total. The first-order chi connectivity index (χ1) is 9.71. The monoisotopic (exact) mass is 432 g/mol. The van der Waals surface area contributed by atoms with Gasteiger partial charge in [-0.25, -0.2) is 0 Å². The van der Waals surface area contributed by atoms with Gasteiger partial charge in [-0.3, -0.25) is 0 Å². The molecule has 0 aliphatic heterocycles. The van der Waals surface area contributed by atoms with Crippen LogP contribution in [0.25, 0.3) is 0 Å². The molecule has 0 heterocycles. The normalized spacial score (nSPS) is 15.4. The predicted octanol–water partition coefficient (Wildman–Crippen LogP) is 4.39. The summed E-state index contributed by atoms with van der Waals surface area (Å²) in [6, 6.07) is 8.10. The van der Waals surface area contributed by atoms with Crippen LogP contribution in [0.5, 0.6) is 0 Å². The maximum absolute atomic E-state index is 13.0. The molecule has 0 amide bonds. The summed E-state index contributed by atoms with van der Waals surface area (Å²) in [6.45, 7) is 0. The van der Waals surface area contributed by atoms with Gasteiger partial charge in [-0.2, -0.15) is 0 Å². The van der Waals surface area contributed by atoms with Gasteiger partial charge in [0.2, 0.25) is 0 Å². The SMILES string of the molecule is O=P(O)(F)OI(=O)(c1ccc(F)cc1)c1ccc(F)cc1. The summed E-state index contributed by atoms with van der Waals surface area (Å²) < 4.78 is 66.6. The Morgan fingerprint density at radius 3 is 1.52 bits per heavy atom. The second kappa shape index (κ2) is 5.96. The van der Waals surface area contributed by atoms with E-state index in [0.717, 1.165) is 48.5 Å². The van der Waals surface area contributed by atoms with Gasteiger partial charge in [-0.15, -0.1) is 0 Å². The van der Waals surface area contributed by atoms with Crippen molar-refractivity contribution in [1.29, 1.82) is 0 Å². The van der Waals surface area contributed by atoms with E-state index in [9.17, 15) is 20.6 Å². The van der Waals surface area contributed by atoms with Crippen molar-refractivity contribution in [3.8, 4) is 0 Å². The molecule has 0 saturated heterocycles.